The molecule has 2 rings (SSSR count). The van der Waals surface area contributed by atoms with Crippen molar-refractivity contribution in [2.24, 2.45) is 5.92 Å². The van der Waals surface area contributed by atoms with Crippen LogP contribution in [0.4, 0.5) is 0 Å². The zero-order valence-corrected chi connectivity index (χ0v) is 14.4. The summed E-state index contributed by atoms with van der Waals surface area (Å²) in [4.78, 5) is 6.77. The summed E-state index contributed by atoms with van der Waals surface area (Å²) in [6.45, 7) is 8.83. The molecule has 1 fully saturated rings. The average molecular weight is 341 g/mol. The van der Waals surface area contributed by atoms with E-state index in [1.165, 1.54) is 5.56 Å². The van der Waals surface area contributed by atoms with Crippen molar-refractivity contribution in [2.75, 3.05) is 26.2 Å². The van der Waals surface area contributed by atoms with Gasteiger partial charge in [0, 0.05) is 44.0 Å². The number of hydrogen-bond donors (Lipinski definition) is 1. The standard InChI is InChI=1S/C14H22ClN3.2ClH/c1-3-11(2)13(18-9-7-16-8-10-18)12-5-4-6-17-14(12)15;;/h4-6,11,13,16H,3,7-10H2,1-2H3;2*1H/t11?,13-;;/m0../s1. The molecule has 1 saturated heterocycles. The number of rotatable bonds is 4. The van der Waals surface area contributed by atoms with Crippen molar-refractivity contribution >= 4 is 36.4 Å². The minimum Gasteiger partial charge on any atom is -0.314 e. The molecular formula is C14H24Cl3N3. The lowest BCUT2D eigenvalue weighted by molar-refractivity contribution is 0.128. The van der Waals surface area contributed by atoms with E-state index in [2.05, 4.69) is 35.1 Å². The summed E-state index contributed by atoms with van der Waals surface area (Å²) in [5.41, 5.74) is 1.18. The van der Waals surface area contributed by atoms with Crippen LogP contribution in [0.2, 0.25) is 5.15 Å². The van der Waals surface area contributed by atoms with Crippen LogP contribution in [0.1, 0.15) is 31.9 Å². The van der Waals surface area contributed by atoms with Gasteiger partial charge in [0.1, 0.15) is 5.15 Å². The Bertz CT molecular complexity index is 384. The van der Waals surface area contributed by atoms with Crippen LogP contribution >= 0.6 is 36.4 Å². The number of piperazine rings is 1. The van der Waals surface area contributed by atoms with Gasteiger partial charge in [-0.3, -0.25) is 4.90 Å². The van der Waals surface area contributed by atoms with Crippen LogP contribution in [0, 0.1) is 5.92 Å². The van der Waals surface area contributed by atoms with Crippen LogP contribution in [0.25, 0.3) is 0 Å². The van der Waals surface area contributed by atoms with Crippen LogP contribution < -0.4 is 5.32 Å². The Morgan fingerprint density at radius 3 is 2.55 bits per heavy atom. The zero-order chi connectivity index (χ0) is 13.0. The van der Waals surface area contributed by atoms with E-state index >= 15 is 0 Å². The lowest BCUT2D eigenvalue weighted by Gasteiger charge is -2.38. The Kier molecular flexibility index (Phi) is 9.77. The lowest BCUT2D eigenvalue weighted by Crippen LogP contribution is -2.46. The van der Waals surface area contributed by atoms with Crippen LogP contribution in [0.5, 0.6) is 0 Å². The van der Waals surface area contributed by atoms with E-state index in [1.807, 2.05) is 6.07 Å². The number of nitrogens with one attached hydrogen (secondary N) is 1. The fraction of sp³-hybridized carbons (Fsp3) is 0.643. The molecule has 0 radical (unpaired) electrons. The Morgan fingerprint density at radius 2 is 2.00 bits per heavy atom. The van der Waals surface area contributed by atoms with Gasteiger partial charge < -0.3 is 5.32 Å². The van der Waals surface area contributed by atoms with E-state index in [-0.39, 0.29) is 24.8 Å². The zero-order valence-electron chi connectivity index (χ0n) is 12.0. The Labute approximate surface area is 139 Å². The summed E-state index contributed by atoms with van der Waals surface area (Å²) < 4.78 is 0. The molecule has 116 valence electrons. The highest BCUT2D eigenvalue weighted by atomic mass is 35.5. The van der Waals surface area contributed by atoms with Gasteiger partial charge in [0.25, 0.3) is 0 Å². The smallest absolute Gasteiger partial charge is 0.133 e. The predicted octanol–water partition coefficient (Wildman–Crippen LogP) is 3.57. The summed E-state index contributed by atoms with van der Waals surface area (Å²) in [5, 5.41) is 4.06. The van der Waals surface area contributed by atoms with Gasteiger partial charge in [0.2, 0.25) is 0 Å². The second-order valence-corrected chi connectivity index (χ2v) is 5.36. The highest BCUT2D eigenvalue weighted by molar-refractivity contribution is 6.30. The van der Waals surface area contributed by atoms with E-state index in [0.717, 1.165) is 32.6 Å². The first kappa shape index (κ1) is 19.9. The molecule has 1 N–H and O–H groups in total. The van der Waals surface area contributed by atoms with Gasteiger partial charge in [-0.05, 0) is 12.0 Å². The van der Waals surface area contributed by atoms with Crippen molar-refractivity contribution in [3.8, 4) is 0 Å². The van der Waals surface area contributed by atoms with E-state index in [1.54, 1.807) is 6.20 Å². The largest absolute Gasteiger partial charge is 0.314 e. The highest BCUT2D eigenvalue weighted by Crippen LogP contribution is 2.33. The molecule has 6 heteroatoms. The molecule has 0 bridgehead atoms. The highest BCUT2D eigenvalue weighted by Gasteiger charge is 2.28. The van der Waals surface area contributed by atoms with Crippen LogP contribution in [0.3, 0.4) is 0 Å². The average Bonchev–Trinajstić information content (AvgIpc) is 2.42. The molecule has 1 aliphatic rings. The van der Waals surface area contributed by atoms with Crippen LogP contribution in [0.15, 0.2) is 18.3 Å². The SMILES string of the molecule is CCC(C)[C@@H](c1cccnc1Cl)N1CCNCC1.Cl.Cl. The lowest BCUT2D eigenvalue weighted by atomic mass is 9.91. The van der Waals surface area contributed by atoms with Gasteiger partial charge >= 0.3 is 0 Å². The molecule has 0 saturated carbocycles. The fourth-order valence-electron chi connectivity index (χ4n) is 2.67. The molecule has 0 aliphatic carbocycles. The monoisotopic (exact) mass is 339 g/mol. The van der Waals surface area contributed by atoms with Crippen molar-refractivity contribution < 1.29 is 0 Å². The Balaban J connectivity index is 0.00000180. The summed E-state index contributed by atoms with van der Waals surface area (Å²) in [5.74, 6) is 0.588. The maximum absolute atomic E-state index is 6.29. The normalized spacial score (nSPS) is 18.6. The number of pyridine rings is 1. The molecule has 1 aromatic rings. The maximum Gasteiger partial charge on any atom is 0.133 e. The maximum atomic E-state index is 6.29. The molecule has 0 aromatic carbocycles. The summed E-state index contributed by atoms with van der Waals surface area (Å²) in [6.07, 6.45) is 2.91. The van der Waals surface area contributed by atoms with Gasteiger partial charge in [0.05, 0.1) is 0 Å². The van der Waals surface area contributed by atoms with Crippen molar-refractivity contribution in [1.29, 1.82) is 0 Å². The molecule has 2 atom stereocenters. The second-order valence-electron chi connectivity index (χ2n) is 5.00. The number of aromatic nitrogens is 1. The molecule has 1 aromatic heterocycles. The third-order valence-corrected chi connectivity index (χ3v) is 4.15. The Morgan fingerprint density at radius 1 is 1.35 bits per heavy atom. The summed E-state index contributed by atoms with van der Waals surface area (Å²) >= 11 is 6.29. The minimum atomic E-state index is 0. The van der Waals surface area contributed by atoms with Crippen molar-refractivity contribution in [2.45, 2.75) is 26.3 Å². The van der Waals surface area contributed by atoms with Gasteiger partial charge in [-0.2, -0.15) is 0 Å². The van der Waals surface area contributed by atoms with Gasteiger partial charge in [-0.1, -0.05) is 37.9 Å². The van der Waals surface area contributed by atoms with Crippen molar-refractivity contribution in [1.82, 2.24) is 15.2 Å². The molecule has 20 heavy (non-hydrogen) atoms. The summed E-state index contributed by atoms with van der Waals surface area (Å²) in [6, 6.07) is 4.49. The molecule has 2 heterocycles. The van der Waals surface area contributed by atoms with Crippen molar-refractivity contribution in [3.63, 3.8) is 0 Å². The van der Waals surface area contributed by atoms with E-state index in [9.17, 15) is 0 Å². The Hall–Kier alpha value is -0.0600. The van der Waals surface area contributed by atoms with Gasteiger partial charge in [0.15, 0.2) is 0 Å². The first-order chi connectivity index (χ1) is 8.74. The third-order valence-electron chi connectivity index (χ3n) is 3.83. The van der Waals surface area contributed by atoms with Gasteiger partial charge in [-0.25, -0.2) is 4.98 Å². The van der Waals surface area contributed by atoms with Crippen LogP contribution in [-0.4, -0.2) is 36.1 Å². The minimum absolute atomic E-state index is 0. The molecule has 3 nitrogen and oxygen atoms in total. The first-order valence-electron chi connectivity index (χ1n) is 6.79. The summed E-state index contributed by atoms with van der Waals surface area (Å²) in [7, 11) is 0. The first-order valence-corrected chi connectivity index (χ1v) is 7.17. The van der Waals surface area contributed by atoms with E-state index in [0.29, 0.717) is 17.1 Å². The van der Waals surface area contributed by atoms with Crippen molar-refractivity contribution in [3.05, 3.63) is 29.0 Å². The molecule has 1 unspecified atom stereocenters. The number of nitrogens with zero attached hydrogens (tertiary/aromatic N) is 2. The van der Waals surface area contributed by atoms with Crippen LogP contribution in [-0.2, 0) is 0 Å². The third kappa shape index (κ3) is 4.74. The van der Waals surface area contributed by atoms with Gasteiger partial charge in [-0.15, -0.1) is 24.8 Å². The molecule has 0 amide bonds. The fourth-order valence-corrected chi connectivity index (χ4v) is 2.90. The topological polar surface area (TPSA) is 28.2 Å². The van der Waals surface area contributed by atoms with E-state index < -0.39 is 0 Å². The quantitative estimate of drug-likeness (QED) is 0.849. The van der Waals surface area contributed by atoms with E-state index in [4.69, 9.17) is 11.6 Å². The second kappa shape index (κ2) is 9.80. The predicted molar refractivity (Wildman–Crippen MR) is 90.4 cm³/mol. The number of hydrogen-bond acceptors (Lipinski definition) is 3. The molecular weight excluding hydrogens is 317 g/mol. The molecule has 1 aliphatic heterocycles. The molecule has 0 spiro atoms. The number of halogens is 3.